The van der Waals surface area contributed by atoms with Crippen LogP contribution >= 0.6 is 0 Å². The zero-order valence-electron chi connectivity index (χ0n) is 8.34. The lowest BCUT2D eigenvalue weighted by atomic mass is 10.1. The van der Waals surface area contributed by atoms with Crippen LogP contribution in [0.5, 0.6) is 5.75 Å². The van der Waals surface area contributed by atoms with Gasteiger partial charge in [0, 0.05) is 5.56 Å². The van der Waals surface area contributed by atoms with Crippen molar-refractivity contribution >= 4 is 5.95 Å². The minimum atomic E-state index is 0.274. The van der Waals surface area contributed by atoms with Crippen LogP contribution in [0.2, 0.25) is 0 Å². The number of aromatic nitrogens is 2. The van der Waals surface area contributed by atoms with Crippen LogP contribution in [0.25, 0.3) is 11.3 Å². The highest BCUT2D eigenvalue weighted by Crippen LogP contribution is 2.28. The Morgan fingerprint density at radius 2 is 2.07 bits per heavy atom. The standard InChI is InChI=1S/C10H12N4O/c1-15-9-5-3-2-4-7(9)8-6-14(12)10(11)13-8/h2-6H,12H2,1H3,(H2,11,13). The first-order valence-corrected chi connectivity index (χ1v) is 4.45. The fourth-order valence-electron chi connectivity index (χ4n) is 1.39. The molecule has 78 valence electrons. The van der Waals surface area contributed by atoms with Crippen molar-refractivity contribution in [3.63, 3.8) is 0 Å². The first kappa shape index (κ1) is 9.39. The number of nitrogens with zero attached hydrogens (tertiary/aromatic N) is 2. The highest BCUT2D eigenvalue weighted by molar-refractivity contribution is 5.67. The molecule has 0 aliphatic carbocycles. The van der Waals surface area contributed by atoms with E-state index in [1.165, 1.54) is 4.68 Å². The molecule has 0 bridgehead atoms. The lowest BCUT2D eigenvalue weighted by Gasteiger charge is -2.04. The molecule has 0 amide bonds. The van der Waals surface area contributed by atoms with Gasteiger partial charge in [0.1, 0.15) is 5.75 Å². The van der Waals surface area contributed by atoms with Crippen LogP contribution in [-0.2, 0) is 0 Å². The molecule has 0 atom stereocenters. The number of ether oxygens (including phenoxy) is 1. The van der Waals surface area contributed by atoms with Crippen molar-refractivity contribution in [1.82, 2.24) is 9.66 Å². The zero-order chi connectivity index (χ0) is 10.8. The number of anilines is 1. The third kappa shape index (κ3) is 1.59. The molecule has 0 saturated carbocycles. The topological polar surface area (TPSA) is 79.1 Å². The van der Waals surface area contributed by atoms with E-state index in [4.69, 9.17) is 16.3 Å². The molecule has 0 saturated heterocycles. The van der Waals surface area contributed by atoms with Crippen LogP contribution < -0.4 is 16.3 Å². The van der Waals surface area contributed by atoms with Gasteiger partial charge in [-0.2, -0.15) is 0 Å². The van der Waals surface area contributed by atoms with Gasteiger partial charge in [-0.05, 0) is 12.1 Å². The maximum atomic E-state index is 5.56. The third-order valence-electron chi connectivity index (χ3n) is 2.14. The Kier molecular flexibility index (Phi) is 2.21. The highest BCUT2D eigenvalue weighted by atomic mass is 16.5. The molecule has 5 nitrogen and oxygen atoms in total. The molecular weight excluding hydrogens is 192 g/mol. The molecule has 0 unspecified atom stereocenters. The predicted octanol–water partition coefficient (Wildman–Crippen LogP) is 0.855. The smallest absolute Gasteiger partial charge is 0.219 e. The number of nitrogens with two attached hydrogens (primary N) is 2. The second-order valence-electron chi connectivity index (χ2n) is 3.09. The summed E-state index contributed by atoms with van der Waals surface area (Å²) in [6, 6.07) is 7.57. The third-order valence-corrected chi connectivity index (χ3v) is 2.14. The number of methoxy groups -OCH3 is 1. The summed E-state index contributed by atoms with van der Waals surface area (Å²) in [4.78, 5) is 4.12. The van der Waals surface area contributed by atoms with Crippen molar-refractivity contribution in [1.29, 1.82) is 0 Å². The molecule has 0 aliphatic heterocycles. The van der Waals surface area contributed by atoms with Crippen LogP contribution in [-0.4, -0.2) is 16.8 Å². The summed E-state index contributed by atoms with van der Waals surface area (Å²) in [5.41, 5.74) is 7.13. The van der Waals surface area contributed by atoms with Gasteiger partial charge in [-0.15, -0.1) is 0 Å². The number of benzene rings is 1. The Hall–Kier alpha value is -2.17. The summed E-state index contributed by atoms with van der Waals surface area (Å²) in [6.07, 6.45) is 1.66. The number of imidazole rings is 1. The fraction of sp³-hybridized carbons (Fsp3) is 0.100. The largest absolute Gasteiger partial charge is 0.496 e. The molecule has 2 rings (SSSR count). The molecular formula is C10H12N4O. The molecule has 1 aromatic carbocycles. The molecule has 5 heteroatoms. The minimum absolute atomic E-state index is 0.274. The van der Waals surface area contributed by atoms with Gasteiger partial charge in [0.25, 0.3) is 0 Å². The summed E-state index contributed by atoms with van der Waals surface area (Å²) in [6.45, 7) is 0. The summed E-state index contributed by atoms with van der Waals surface area (Å²) in [5.74, 6) is 6.58. The molecule has 2 aromatic rings. The quantitative estimate of drug-likeness (QED) is 0.711. The highest BCUT2D eigenvalue weighted by Gasteiger charge is 2.09. The van der Waals surface area contributed by atoms with Crippen LogP contribution in [0, 0.1) is 0 Å². The molecule has 0 radical (unpaired) electrons. The zero-order valence-corrected chi connectivity index (χ0v) is 8.34. The number of nitrogen functional groups attached to an aromatic ring is 2. The minimum Gasteiger partial charge on any atom is -0.496 e. The maximum Gasteiger partial charge on any atom is 0.219 e. The van der Waals surface area contributed by atoms with Crippen molar-refractivity contribution < 1.29 is 4.74 Å². The average Bonchev–Trinajstić information content (AvgIpc) is 2.59. The van der Waals surface area contributed by atoms with Crippen molar-refractivity contribution in [2.45, 2.75) is 0 Å². The van der Waals surface area contributed by atoms with E-state index in [2.05, 4.69) is 4.98 Å². The molecule has 0 spiro atoms. The van der Waals surface area contributed by atoms with Crippen LogP contribution in [0.4, 0.5) is 5.95 Å². The first-order chi connectivity index (χ1) is 7.22. The molecule has 4 N–H and O–H groups in total. The second kappa shape index (κ2) is 3.53. The predicted molar refractivity (Wildman–Crippen MR) is 58.8 cm³/mol. The van der Waals surface area contributed by atoms with Gasteiger partial charge < -0.3 is 16.3 Å². The van der Waals surface area contributed by atoms with Gasteiger partial charge in [-0.3, -0.25) is 0 Å². The Morgan fingerprint density at radius 1 is 1.33 bits per heavy atom. The number of para-hydroxylation sites is 1. The molecule has 0 aliphatic rings. The molecule has 15 heavy (non-hydrogen) atoms. The average molecular weight is 204 g/mol. The number of hydrogen-bond acceptors (Lipinski definition) is 4. The van der Waals surface area contributed by atoms with E-state index in [9.17, 15) is 0 Å². The van der Waals surface area contributed by atoms with E-state index in [0.717, 1.165) is 11.3 Å². The molecule has 0 fully saturated rings. The lowest BCUT2D eigenvalue weighted by Crippen LogP contribution is -2.09. The van der Waals surface area contributed by atoms with Gasteiger partial charge in [0.05, 0.1) is 19.0 Å². The van der Waals surface area contributed by atoms with E-state index in [1.807, 2.05) is 24.3 Å². The van der Waals surface area contributed by atoms with E-state index in [0.29, 0.717) is 5.69 Å². The second-order valence-corrected chi connectivity index (χ2v) is 3.09. The normalized spacial score (nSPS) is 10.2. The Bertz CT molecular complexity index is 459. The number of rotatable bonds is 2. The summed E-state index contributed by atoms with van der Waals surface area (Å²) >= 11 is 0. The van der Waals surface area contributed by atoms with Gasteiger partial charge in [-0.1, -0.05) is 12.1 Å². The van der Waals surface area contributed by atoms with Gasteiger partial charge >= 0.3 is 0 Å². The summed E-state index contributed by atoms with van der Waals surface area (Å²) < 4.78 is 6.50. The SMILES string of the molecule is COc1ccccc1-c1cn(N)c(N)n1. The Morgan fingerprint density at radius 3 is 2.67 bits per heavy atom. The van der Waals surface area contributed by atoms with Gasteiger partial charge in [0.15, 0.2) is 0 Å². The van der Waals surface area contributed by atoms with E-state index in [-0.39, 0.29) is 5.95 Å². The number of hydrogen-bond donors (Lipinski definition) is 2. The van der Waals surface area contributed by atoms with Crippen LogP contribution in [0.3, 0.4) is 0 Å². The summed E-state index contributed by atoms with van der Waals surface area (Å²) in [5, 5.41) is 0. The van der Waals surface area contributed by atoms with Gasteiger partial charge in [0.2, 0.25) is 5.95 Å². The fourth-order valence-corrected chi connectivity index (χ4v) is 1.39. The Labute approximate surface area is 87.3 Å². The van der Waals surface area contributed by atoms with Crippen molar-refractivity contribution in [3.8, 4) is 17.0 Å². The first-order valence-electron chi connectivity index (χ1n) is 4.45. The summed E-state index contributed by atoms with van der Waals surface area (Å²) in [7, 11) is 1.61. The molecule has 1 heterocycles. The monoisotopic (exact) mass is 204 g/mol. The van der Waals surface area contributed by atoms with Crippen molar-refractivity contribution in [2.24, 2.45) is 0 Å². The Balaban J connectivity index is 2.53. The van der Waals surface area contributed by atoms with Crippen molar-refractivity contribution in [3.05, 3.63) is 30.5 Å². The van der Waals surface area contributed by atoms with Crippen LogP contribution in [0.15, 0.2) is 30.5 Å². The van der Waals surface area contributed by atoms with E-state index >= 15 is 0 Å². The van der Waals surface area contributed by atoms with E-state index in [1.54, 1.807) is 13.3 Å². The van der Waals surface area contributed by atoms with Crippen molar-refractivity contribution in [2.75, 3.05) is 18.7 Å². The lowest BCUT2D eigenvalue weighted by molar-refractivity contribution is 0.416. The molecule has 1 aromatic heterocycles. The van der Waals surface area contributed by atoms with Crippen LogP contribution in [0.1, 0.15) is 0 Å². The van der Waals surface area contributed by atoms with Gasteiger partial charge in [-0.25, -0.2) is 9.66 Å². The van der Waals surface area contributed by atoms with E-state index < -0.39 is 0 Å². The maximum absolute atomic E-state index is 5.56.